The zero-order chi connectivity index (χ0) is 21.4. The van der Waals surface area contributed by atoms with Crippen LogP contribution in [0.25, 0.3) is 33.6 Å². The first-order valence-corrected chi connectivity index (χ1v) is 10.4. The molecule has 0 radical (unpaired) electrons. The van der Waals surface area contributed by atoms with Crippen LogP contribution in [0.5, 0.6) is 0 Å². The molecule has 1 aliphatic heterocycles. The number of alkyl halides is 3. The standard InChI is InChI=1S/C24H22F3N3O/c25-24(26,27)20-6-3-17(4-7-20)22-9-10-23(31-22)18-5-8-21-19(15-18)16-28-30(21)14-13-29-11-1-2-12-29/h3-10,15-16H,1-2,11-14H2. The number of rotatable bonds is 5. The van der Waals surface area contributed by atoms with Gasteiger partial charge in [0, 0.05) is 23.1 Å². The van der Waals surface area contributed by atoms with Crippen molar-refractivity contribution in [1.29, 1.82) is 0 Å². The number of furan rings is 1. The second-order valence-corrected chi connectivity index (χ2v) is 7.93. The largest absolute Gasteiger partial charge is 0.456 e. The Morgan fingerprint density at radius 3 is 2.23 bits per heavy atom. The summed E-state index contributed by atoms with van der Waals surface area (Å²) in [5.74, 6) is 1.20. The Labute approximate surface area is 177 Å². The fraction of sp³-hybridized carbons (Fsp3) is 0.292. The zero-order valence-corrected chi connectivity index (χ0v) is 16.9. The van der Waals surface area contributed by atoms with Crippen LogP contribution in [-0.2, 0) is 12.7 Å². The van der Waals surface area contributed by atoms with Crippen LogP contribution < -0.4 is 0 Å². The molecule has 1 saturated heterocycles. The maximum Gasteiger partial charge on any atom is 0.416 e. The molecular formula is C24H22F3N3O. The summed E-state index contributed by atoms with van der Waals surface area (Å²) < 4.78 is 46.3. The van der Waals surface area contributed by atoms with Crippen molar-refractivity contribution in [3.8, 4) is 22.6 Å². The molecule has 0 spiro atoms. The van der Waals surface area contributed by atoms with Crippen LogP contribution in [0.2, 0.25) is 0 Å². The first-order valence-electron chi connectivity index (χ1n) is 10.4. The van der Waals surface area contributed by atoms with Gasteiger partial charge in [-0.15, -0.1) is 0 Å². The zero-order valence-electron chi connectivity index (χ0n) is 16.9. The van der Waals surface area contributed by atoms with Crippen molar-refractivity contribution >= 4 is 10.9 Å². The number of halogens is 3. The van der Waals surface area contributed by atoms with Crippen LogP contribution in [0, 0.1) is 0 Å². The first-order chi connectivity index (χ1) is 15.0. The highest BCUT2D eigenvalue weighted by molar-refractivity contribution is 5.84. The van der Waals surface area contributed by atoms with E-state index in [0.717, 1.165) is 41.7 Å². The molecule has 0 saturated carbocycles. The highest BCUT2D eigenvalue weighted by Crippen LogP contribution is 2.33. The smallest absolute Gasteiger partial charge is 0.416 e. The summed E-state index contributed by atoms with van der Waals surface area (Å²) in [5.41, 5.74) is 1.92. The highest BCUT2D eigenvalue weighted by atomic mass is 19.4. The average Bonchev–Trinajstić information content (AvgIpc) is 3.52. The van der Waals surface area contributed by atoms with Gasteiger partial charge in [-0.1, -0.05) is 12.1 Å². The van der Waals surface area contributed by atoms with E-state index in [4.69, 9.17) is 4.42 Å². The number of hydrogen-bond acceptors (Lipinski definition) is 3. The minimum Gasteiger partial charge on any atom is -0.456 e. The lowest BCUT2D eigenvalue weighted by Gasteiger charge is -2.14. The third-order valence-corrected chi connectivity index (χ3v) is 5.86. The molecule has 31 heavy (non-hydrogen) atoms. The van der Waals surface area contributed by atoms with Crippen molar-refractivity contribution in [3.05, 3.63) is 66.4 Å². The number of likely N-dealkylation sites (tertiary alicyclic amines) is 1. The Morgan fingerprint density at radius 2 is 1.52 bits per heavy atom. The molecule has 5 rings (SSSR count). The van der Waals surface area contributed by atoms with Crippen LogP contribution >= 0.6 is 0 Å². The second kappa shape index (κ2) is 7.89. The average molecular weight is 425 g/mol. The Hall–Kier alpha value is -3.06. The fourth-order valence-electron chi connectivity index (χ4n) is 4.13. The van der Waals surface area contributed by atoms with Crippen molar-refractivity contribution in [1.82, 2.24) is 14.7 Å². The molecule has 1 aliphatic rings. The van der Waals surface area contributed by atoms with E-state index < -0.39 is 11.7 Å². The third-order valence-electron chi connectivity index (χ3n) is 5.86. The topological polar surface area (TPSA) is 34.2 Å². The summed E-state index contributed by atoms with van der Waals surface area (Å²) in [6.07, 6.45) is 0.0748. The Morgan fingerprint density at radius 1 is 0.839 bits per heavy atom. The molecule has 0 bridgehead atoms. The summed E-state index contributed by atoms with van der Waals surface area (Å²) in [6.45, 7) is 4.21. The molecule has 4 aromatic rings. The normalized spacial score (nSPS) is 15.2. The van der Waals surface area contributed by atoms with Crippen molar-refractivity contribution in [2.45, 2.75) is 25.6 Å². The molecule has 0 amide bonds. The van der Waals surface area contributed by atoms with Crippen molar-refractivity contribution in [2.75, 3.05) is 19.6 Å². The van der Waals surface area contributed by atoms with Gasteiger partial charge in [0.1, 0.15) is 11.5 Å². The minimum atomic E-state index is -4.35. The summed E-state index contributed by atoms with van der Waals surface area (Å²) in [4.78, 5) is 2.47. The summed E-state index contributed by atoms with van der Waals surface area (Å²) in [5, 5.41) is 5.57. The molecular weight excluding hydrogens is 403 g/mol. The van der Waals surface area contributed by atoms with Gasteiger partial charge in [-0.3, -0.25) is 4.68 Å². The van der Waals surface area contributed by atoms with Crippen LogP contribution in [0.4, 0.5) is 13.2 Å². The summed E-state index contributed by atoms with van der Waals surface area (Å²) in [6, 6.07) is 14.7. The molecule has 1 fully saturated rings. The van der Waals surface area contributed by atoms with Gasteiger partial charge < -0.3 is 9.32 Å². The van der Waals surface area contributed by atoms with Crippen molar-refractivity contribution < 1.29 is 17.6 Å². The maximum absolute atomic E-state index is 12.8. The Balaban J connectivity index is 1.34. The lowest BCUT2D eigenvalue weighted by Crippen LogP contribution is -2.24. The minimum absolute atomic E-state index is 0.533. The Kier molecular flexibility index (Phi) is 5.06. The lowest BCUT2D eigenvalue weighted by atomic mass is 10.1. The molecule has 4 nitrogen and oxygen atoms in total. The quantitative estimate of drug-likeness (QED) is 0.389. The van der Waals surface area contributed by atoms with E-state index in [1.54, 1.807) is 6.07 Å². The van der Waals surface area contributed by atoms with Gasteiger partial charge in [0.15, 0.2) is 0 Å². The number of benzene rings is 2. The molecule has 0 atom stereocenters. The SMILES string of the molecule is FC(F)(F)c1ccc(-c2ccc(-c3ccc4c(cnn4CCN4CCCC4)c3)o2)cc1. The predicted molar refractivity (Wildman–Crippen MR) is 114 cm³/mol. The molecule has 7 heteroatoms. The molecule has 0 aliphatic carbocycles. The van der Waals surface area contributed by atoms with Crippen LogP contribution in [-0.4, -0.2) is 34.3 Å². The highest BCUT2D eigenvalue weighted by Gasteiger charge is 2.30. The molecule has 0 unspecified atom stereocenters. The molecule has 3 heterocycles. The number of nitrogens with zero attached hydrogens (tertiary/aromatic N) is 3. The van der Waals surface area contributed by atoms with Crippen LogP contribution in [0.15, 0.2) is 65.2 Å². The molecule has 2 aromatic heterocycles. The van der Waals surface area contributed by atoms with E-state index >= 15 is 0 Å². The maximum atomic E-state index is 12.8. The van der Waals surface area contributed by atoms with Gasteiger partial charge in [-0.2, -0.15) is 18.3 Å². The summed E-state index contributed by atoms with van der Waals surface area (Å²) in [7, 11) is 0. The monoisotopic (exact) mass is 425 g/mol. The van der Waals surface area contributed by atoms with Gasteiger partial charge in [0.25, 0.3) is 0 Å². The van der Waals surface area contributed by atoms with E-state index in [1.807, 2.05) is 35.1 Å². The van der Waals surface area contributed by atoms with Gasteiger partial charge in [0.2, 0.25) is 0 Å². The number of fused-ring (bicyclic) bond motifs is 1. The van der Waals surface area contributed by atoms with Gasteiger partial charge in [0.05, 0.1) is 23.8 Å². The molecule has 0 N–H and O–H groups in total. The first kappa shape index (κ1) is 19.9. The number of aromatic nitrogens is 2. The fourth-order valence-corrected chi connectivity index (χ4v) is 4.13. The van der Waals surface area contributed by atoms with E-state index in [2.05, 4.69) is 10.00 Å². The van der Waals surface area contributed by atoms with Gasteiger partial charge >= 0.3 is 6.18 Å². The molecule has 2 aromatic carbocycles. The van der Waals surface area contributed by atoms with Crippen LogP contribution in [0.3, 0.4) is 0 Å². The van der Waals surface area contributed by atoms with Crippen LogP contribution in [0.1, 0.15) is 18.4 Å². The third kappa shape index (κ3) is 4.10. The van der Waals surface area contributed by atoms with E-state index in [1.165, 1.54) is 38.1 Å². The van der Waals surface area contributed by atoms with E-state index in [0.29, 0.717) is 17.1 Å². The summed E-state index contributed by atoms with van der Waals surface area (Å²) >= 11 is 0. The second-order valence-electron chi connectivity index (χ2n) is 7.93. The van der Waals surface area contributed by atoms with Crippen molar-refractivity contribution in [3.63, 3.8) is 0 Å². The number of hydrogen-bond donors (Lipinski definition) is 0. The van der Waals surface area contributed by atoms with Gasteiger partial charge in [-0.25, -0.2) is 0 Å². The van der Waals surface area contributed by atoms with E-state index in [9.17, 15) is 13.2 Å². The van der Waals surface area contributed by atoms with E-state index in [-0.39, 0.29) is 0 Å². The van der Waals surface area contributed by atoms with Crippen molar-refractivity contribution in [2.24, 2.45) is 0 Å². The predicted octanol–water partition coefficient (Wildman–Crippen LogP) is 6.08. The lowest BCUT2D eigenvalue weighted by molar-refractivity contribution is -0.137. The van der Waals surface area contributed by atoms with Gasteiger partial charge in [-0.05, 0) is 68.4 Å². The molecule has 160 valence electrons. The Bertz CT molecular complexity index is 1180.